The van der Waals surface area contributed by atoms with E-state index < -0.39 is 5.97 Å². The van der Waals surface area contributed by atoms with Gasteiger partial charge in [0.1, 0.15) is 0 Å². The summed E-state index contributed by atoms with van der Waals surface area (Å²) in [6.45, 7) is 18.2. The fourth-order valence-corrected chi connectivity index (χ4v) is 5.14. The third kappa shape index (κ3) is 4.84. The van der Waals surface area contributed by atoms with Gasteiger partial charge >= 0.3 is 23.0 Å². The topological polar surface area (TPSA) is 91.3 Å². The molecule has 39 heavy (non-hydrogen) atoms. The van der Waals surface area contributed by atoms with Gasteiger partial charge in [-0.2, -0.15) is 0 Å². The first-order valence-electron chi connectivity index (χ1n) is 12.6. The number of aliphatic carboxylic acids is 1. The monoisotopic (exact) mass is 558 g/mol. The van der Waals surface area contributed by atoms with Gasteiger partial charge in [0.25, 0.3) is 0 Å². The number of hydrogen-bond donors (Lipinski definition) is 1. The molecule has 0 spiro atoms. The number of rotatable bonds is 5. The Labute approximate surface area is 238 Å². The van der Waals surface area contributed by atoms with Crippen molar-refractivity contribution in [3.05, 3.63) is 88.5 Å². The van der Waals surface area contributed by atoms with Crippen LogP contribution in [-0.4, -0.2) is 21.0 Å². The summed E-state index contributed by atoms with van der Waals surface area (Å²) in [5.74, 6) is -0.839. The molecule has 0 saturated heterocycles. The average Bonchev–Trinajstić information content (AvgIpc) is 3.52. The van der Waals surface area contributed by atoms with Crippen molar-refractivity contribution < 1.29 is 27.0 Å². The quantitative estimate of drug-likeness (QED) is 0.338. The molecule has 3 aromatic heterocycles. The standard InChI is InChI=1S/C32H31N4O2.Fe/c1-8-21-18(5)26-12-24-16(3)17(4)25(33-24)13-31-23(10-11-32(37)38)20(7)28(36-31)15-30-22(9-2)19(6)27(35-30)14-29(21)34-26;/h8-9,12-15H,1-2,10-11H2,3-7H3,(H2-,33,34,35,36,37,38);/q-1;+2/p-1. The van der Waals surface area contributed by atoms with Gasteiger partial charge in [0.05, 0.1) is 22.8 Å². The van der Waals surface area contributed by atoms with Gasteiger partial charge in [-0.05, 0) is 63.3 Å². The van der Waals surface area contributed by atoms with Crippen molar-refractivity contribution in [3.8, 4) is 0 Å². The van der Waals surface area contributed by atoms with Crippen LogP contribution in [0.15, 0.2) is 43.5 Å². The Kier molecular flexibility index (Phi) is 7.69. The van der Waals surface area contributed by atoms with Crippen LogP contribution in [0.2, 0.25) is 0 Å². The summed E-state index contributed by atoms with van der Waals surface area (Å²) < 4.78 is 0. The molecule has 5 heterocycles. The number of hydrogen-bond acceptors (Lipinski definition) is 3. The van der Waals surface area contributed by atoms with Crippen LogP contribution in [0, 0.1) is 20.8 Å². The number of carbonyl (C=O) groups is 1. The molecule has 0 amide bonds. The van der Waals surface area contributed by atoms with Crippen molar-refractivity contribution in [1.82, 2.24) is 19.9 Å². The van der Waals surface area contributed by atoms with Gasteiger partial charge in [-0.3, -0.25) is 4.79 Å². The number of carboxylic acid groups (broad SMARTS) is 1. The second kappa shape index (κ2) is 10.7. The Morgan fingerprint density at radius 2 is 1.28 bits per heavy atom. The Bertz CT molecular complexity index is 1780. The van der Waals surface area contributed by atoms with Gasteiger partial charge in [0.2, 0.25) is 0 Å². The van der Waals surface area contributed by atoms with Gasteiger partial charge in [0, 0.05) is 12.0 Å². The maximum absolute atomic E-state index is 11.4. The van der Waals surface area contributed by atoms with Crippen LogP contribution in [0.25, 0.3) is 50.4 Å². The van der Waals surface area contributed by atoms with E-state index in [1.54, 1.807) is 0 Å². The van der Waals surface area contributed by atoms with Crippen molar-refractivity contribution in [2.75, 3.05) is 0 Å². The minimum absolute atomic E-state index is 0. The summed E-state index contributed by atoms with van der Waals surface area (Å²) in [4.78, 5) is 31.2. The molecule has 2 aliphatic rings. The van der Waals surface area contributed by atoms with Crippen molar-refractivity contribution in [2.24, 2.45) is 0 Å². The first-order valence-corrected chi connectivity index (χ1v) is 12.6. The van der Waals surface area contributed by atoms with E-state index >= 15 is 0 Å². The maximum atomic E-state index is 11.4. The fourth-order valence-electron chi connectivity index (χ4n) is 5.14. The van der Waals surface area contributed by atoms with E-state index in [1.807, 2.05) is 64.1 Å². The summed E-state index contributed by atoms with van der Waals surface area (Å²) >= 11 is 0. The van der Waals surface area contributed by atoms with Crippen LogP contribution >= 0.6 is 0 Å². The zero-order valence-corrected chi connectivity index (χ0v) is 23.9. The van der Waals surface area contributed by atoms with Crippen LogP contribution < -0.4 is 9.97 Å². The van der Waals surface area contributed by atoms with Gasteiger partial charge in [-0.15, -0.1) is 22.1 Å². The van der Waals surface area contributed by atoms with Crippen LogP contribution in [0.5, 0.6) is 0 Å². The third-order valence-corrected chi connectivity index (χ3v) is 7.66. The smallest absolute Gasteiger partial charge is 0.657 e. The zero-order chi connectivity index (χ0) is 27.3. The van der Waals surface area contributed by atoms with Gasteiger partial charge < -0.3 is 15.1 Å². The van der Waals surface area contributed by atoms with Crippen LogP contribution in [0.4, 0.5) is 0 Å². The minimum atomic E-state index is -0.839. The molecule has 0 fully saturated rings. The molecule has 0 aromatic carbocycles. The van der Waals surface area contributed by atoms with Crippen molar-refractivity contribution in [2.45, 2.75) is 47.5 Å². The van der Waals surface area contributed by atoms with Gasteiger partial charge in [-0.25, -0.2) is 9.97 Å². The molecule has 2 aliphatic heterocycles. The Morgan fingerprint density at radius 3 is 1.90 bits per heavy atom. The fraction of sp³-hybridized carbons (Fsp3) is 0.219. The number of nitrogens with zero attached hydrogens (tertiary/aromatic N) is 4. The van der Waals surface area contributed by atoms with E-state index in [0.717, 1.165) is 89.4 Å². The normalized spacial score (nSPS) is 12.9. The van der Waals surface area contributed by atoms with Gasteiger partial charge in [0.15, 0.2) is 0 Å². The molecule has 0 saturated carbocycles. The predicted octanol–water partition coefficient (Wildman–Crippen LogP) is 7.05. The van der Waals surface area contributed by atoms with E-state index in [9.17, 15) is 9.90 Å². The first kappa shape index (κ1) is 28.1. The van der Waals surface area contributed by atoms with E-state index in [0.29, 0.717) is 6.42 Å². The minimum Gasteiger partial charge on any atom is -0.657 e. The molecule has 7 heteroatoms. The summed E-state index contributed by atoms with van der Waals surface area (Å²) in [6, 6.07) is 7.95. The first-order chi connectivity index (χ1) is 18.1. The molecule has 198 valence electrons. The average molecular weight is 558 g/mol. The van der Waals surface area contributed by atoms with E-state index in [4.69, 9.17) is 19.9 Å². The summed E-state index contributed by atoms with van der Waals surface area (Å²) in [5.41, 5.74) is 14.4. The Hall–Kier alpha value is -3.93. The molecular weight excluding hydrogens is 528 g/mol. The molecule has 1 N–H and O–H groups in total. The summed E-state index contributed by atoms with van der Waals surface area (Å²) in [6.07, 6.45) is 4.07. The van der Waals surface area contributed by atoms with Crippen LogP contribution in [0.1, 0.15) is 71.7 Å². The van der Waals surface area contributed by atoms with E-state index in [2.05, 4.69) is 20.1 Å². The van der Waals surface area contributed by atoms with E-state index in [1.165, 1.54) is 0 Å². The van der Waals surface area contributed by atoms with Gasteiger partial charge in [-0.1, -0.05) is 66.3 Å². The number of aryl methyl sites for hydroxylation is 3. The Morgan fingerprint density at radius 1 is 0.769 bits per heavy atom. The second-order valence-corrected chi connectivity index (χ2v) is 9.84. The molecule has 3 aromatic rings. The zero-order valence-electron chi connectivity index (χ0n) is 22.8. The third-order valence-electron chi connectivity index (χ3n) is 7.66. The predicted molar refractivity (Wildman–Crippen MR) is 155 cm³/mol. The molecule has 5 rings (SSSR count). The number of carboxylic acids is 1. The maximum Gasteiger partial charge on any atom is 2.00 e. The summed E-state index contributed by atoms with van der Waals surface area (Å²) in [7, 11) is 0. The molecule has 8 bridgehead atoms. The Balaban J connectivity index is 0.00000353. The number of allylic oxidation sites excluding steroid dienone is 5. The van der Waals surface area contributed by atoms with Crippen LogP contribution in [0.3, 0.4) is 0 Å². The van der Waals surface area contributed by atoms with Crippen molar-refractivity contribution >= 4 is 56.4 Å². The van der Waals surface area contributed by atoms with Crippen LogP contribution in [-0.2, 0) is 21.9 Å². The molecule has 0 atom stereocenters. The number of fused-ring (bicyclic) bond motifs is 8. The molecule has 0 unspecified atom stereocenters. The molecule has 0 aliphatic carbocycles. The largest absolute Gasteiger partial charge is 2.00 e. The molecule has 0 radical (unpaired) electrons. The van der Waals surface area contributed by atoms with Crippen molar-refractivity contribution in [1.29, 1.82) is 0 Å². The molecular formula is C32H30FeN4O2. The SMILES string of the molecule is C=CC1=C(C)c2cc3[n-]c(cc4nc(cc5[n-]c(cc1n2)c(C)c5C=C)C(C)=C4CCC(=O)O)c(C)c3C.[Fe+2]. The molecule has 6 nitrogen and oxygen atoms in total. The summed E-state index contributed by atoms with van der Waals surface area (Å²) in [5, 5.41) is 9.37. The van der Waals surface area contributed by atoms with E-state index in [-0.39, 0.29) is 23.5 Å². The van der Waals surface area contributed by atoms with Crippen molar-refractivity contribution in [3.63, 3.8) is 0 Å². The number of aromatic nitrogens is 4. The second-order valence-electron chi connectivity index (χ2n) is 9.84.